The largest absolute Gasteiger partial charge is 0.464 e. The van der Waals surface area contributed by atoms with Gasteiger partial charge in [0.15, 0.2) is 0 Å². The van der Waals surface area contributed by atoms with Crippen LogP contribution < -0.4 is 5.32 Å². The zero-order chi connectivity index (χ0) is 24.2. The monoisotopic (exact) mass is 469 g/mol. The lowest BCUT2D eigenvalue weighted by Crippen LogP contribution is -2.52. The summed E-state index contributed by atoms with van der Waals surface area (Å²) in [7, 11) is 0. The van der Waals surface area contributed by atoms with Crippen LogP contribution in [0.25, 0.3) is 10.9 Å². The smallest absolute Gasteiger partial charge is 0.329 e. The molecule has 0 unspecified atom stereocenters. The summed E-state index contributed by atoms with van der Waals surface area (Å²) in [6, 6.07) is 10.2. The molecule has 0 saturated carbocycles. The van der Waals surface area contributed by atoms with Crippen LogP contribution in [0.3, 0.4) is 0 Å². The van der Waals surface area contributed by atoms with Crippen molar-refractivity contribution in [1.82, 2.24) is 15.2 Å². The average molecular weight is 470 g/mol. The lowest BCUT2D eigenvalue weighted by molar-refractivity contribution is -0.145. The molecule has 0 spiro atoms. The van der Waals surface area contributed by atoms with Gasteiger partial charge < -0.3 is 19.9 Å². The second kappa shape index (κ2) is 10.2. The van der Waals surface area contributed by atoms with Gasteiger partial charge in [0, 0.05) is 42.2 Å². The molecule has 34 heavy (non-hydrogen) atoms. The number of amides is 2. The number of aromatic amines is 1. The maximum atomic E-state index is 14.2. The molecular weight excluding hydrogens is 440 g/mol. The molecule has 1 saturated heterocycles. The first kappa shape index (κ1) is 23.7. The van der Waals surface area contributed by atoms with E-state index in [9.17, 15) is 18.4 Å². The van der Waals surface area contributed by atoms with E-state index in [1.807, 2.05) is 37.4 Å². The molecule has 2 heterocycles. The second-order valence-corrected chi connectivity index (χ2v) is 8.68. The predicted octanol–water partition coefficient (Wildman–Crippen LogP) is 5.07. The Hall–Kier alpha value is -3.42. The normalized spacial score (nSPS) is 16.3. The van der Waals surface area contributed by atoms with E-state index < -0.39 is 23.6 Å². The van der Waals surface area contributed by atoms with Gasteiger partial charge in [0.1, 0.15) is 17.7 Å². The van der Waals surface area contributed by atoms with Crippen LogP contribution in [0, 0.1) is 11.6 Å². The fourth-order valence-corrected chi connectivity index (χ4v) is 4.72. The molecule has 0 aliphatic carbocycles. The molecule has 0 bridgehead atoms. The van der Waals surface area contributed by atoms with E-state index in [0.717, 1.165) is 22.5 Å². The van der Waals surface area contributed by atoms with Crippen LogP contribution in [0.1, 0.15) is 49.7 Å². The summed E-state index contributed by atoms with van der Waals surface area (Å²) in [5.74, 6) is -2.07. The van der Waals surface area contributed by atoms with Crippen LogP contribution in [0.5, 0.6) is 0 Å². The first-order valence-corrected chi connectivity index (χ1v) is 11.6. The minimum Gasteiger partial charge on any atom is -0.464 e. The highest BCUT2D eigenvalue weighted by molar-refractivity contribution is 5.88. The van der Waals surface area contributed by atoms with Crippen molar-refractivity contribution in [3.63, 3.8) is 0 Å². The number of ether oxygens (including phenoxy) is 1. The van der Waals surface area contributed by atoms with E-state index >= 15 is 0 Å². The van der Waals surface area contributed by atoms with Gasteiger partial charge in [0.05, 0.1) is 6.61 Å². The second-order valence-electron chi connectivity index (χ2n) is 8.68. The van der Waals surface area contributed by atoms with Crippen LogP contribution in [0.15, 0.2) is 48.7 Å². The standard InChI is InChI=1S/C26H29F2N3O3/c1-3-34-25(32)24(16(2)21-15-29-23-7-5-4-6-20(21)23)30-26(33)31-12-10-17(11-13-31)19-9-8-18(27)14-22(19)28/h4-9,14-17,24,29H,3,10-13H2,1-2H3,(H,30,33)/t16-,24+/m0/s1. The van der Waals surface area contributed by atoms with Crippen molar-refractivity contribution in [1.29, 1.82) is 0 Å². The molecule has 1 aliphatic heterocycles. The van der Waals surface area contributed by atoms with E-state index in [1.165, 1.54) is 12.1 Å². The van der Waals surface area contributed by atoms with E-state index in [-0.39, 0.29) is 24.5 Å². The summed E-state index contributed by atoms with van der Waals surface area (Å²) in [4.78, 5) is 30.7. The molecule has 4 rings (SSSR count). The molecule has 1 aliphatic rings. The number of likely N-dealkylation sites (tertiary alicyclic amines) is 1. The molecule has 2 N–H and O–H groups in total. The Bertz CT molecular complexity index is 1170. The number of urea groups is 1. The molecule has 1 fully saturated rings. The van der Waals surface area contributed by atoms with E-state index in [0.29, 0.717) is 31.5 Å². The Morgan fingerprint density at radius 1 is 1.18 bits per heavy atom. The van der Waals surface area contributed by atoms with Crippen molar-refractivity contribution in [2.24, 2.45) is 0 Å². The highest BCUT2D eigenvalue weighted by Gasteiger charge is 2.33. The van der Waals surface area contributed by atoms with Gasteiger partial charge in [-0.15, -0.1) is 0 Å². The number of para-hydroxylation sites is 1. The number of fused-ring (bicyclic) bond motifs is 1. The minimum atomic E-state index is -0.862. The van der Waals surface area contributed by atoms with Crippen molar-refractivity contribution in [3.8, 4) is 0 Å². The molecule has 0 radical (unpaired) electrons. The number of hydrogen-bond donors (Lipinski definition) is 2. The van der Waals surface area contributed by atoms with Crippen molar-refractivity contribution in [2.45, 2.75) is 44.6 Å². The highest BCUT2D eigenvalue weighted by Crippen LogP contribution is 2.31. The van der Waals surface area contributed by atoms with E-state index in [2.05, 4.69) is 10.3 Å². The zero-order valence-corrected chi connectivity index (χ0v) is 19.3. The molecular formula is C26H29F2N3O3. The molecule has 8 heteroatoms. The number of carbonyl (C=O) groups excluding carboxylic acids is 2. The van der Waals surface area contributed by atoms with Gasteiger partial charge >= 0.3 is 12.0 Å². The summed E-state index contributed by atoms with van der Waals surface area (Å²) in [6.45, 7) is 4.64. The number of aromatic nitrogens is 1. The van der Waals surface area contributed by atoms with E-state index in [4.69, 9.17) is 4.74 Å². The third kappa shape index (κ3) is 4.90. The SMILES string of the molecule is CCOC(=O)[C@H](NC(=O)N1CCC(c2ccc(F)cc2F)CC1)[C@@H](C)c1c[nH]c2ccccc12. The molecule has 2 atom stereocenters. The Labute approximate surface area is 197 Å². The van der Waals surface area contributed by atoms with Crippen molar-refractivity contribution < 1.29 is 23.1 Å². The Morgan fingerprint density at radius 2 is 1.91 bits per heavy atom. The number of piperidine rings is 1. The Kier molecular flexibility index (Phi) is 7.14. The Balaban J connectivity index is 1.45. The van der Waals surface area contributed by atoms with Crippen LogP contribution in [-0.4, -0.2) is 47.6 Å². The Morgan fingerprint density at radius 3 is 2.62 bits per heavy atom. The van der Waals surface area contributed by atoms with Crippen molar-refractivity contribution >= 4 is 22.9 Å². The lowest BCUT2D eigenvalue weighted by atomic mass is 9.89. The van der Waals surface area contributed by atoms with Gasteiger partial charge in [0.2, 0.25) is 0 Å². The lowest BCUT2D eigenvalue weighted by Gasteiger charge is -2.34. The quantitative estimate of drug-likeness (QED) is 0.495. The van der Waals surface area contributed by atoms with Crippen molar-refractivity contribution in [3.05, 3.63) is 71.4 Å². The average Bonchev–Trinajstić information content (AvgIpc) is 3.26. The summed E-state index contributed by atoms with van der Waals surface area (Å²) in [6.07, 6.45) is 2.96. The first-order valence-electron chi connectivity index (χ1n) is 11.6. The van der Waals surface area contributed by atoms with Gasteiger partial charge in [-0.1, -0.05) is 31.2 Å². The minimum absolute atomic E-state index is 0.0874. The van der Waals surface area contributed by atoms with Gasteiger partial charge in [0.25, 0.3) is 0 Å². The number of esters is 1. The number of halogens is 2. The predicted molar refractivity (Wildman–Crippen MR) is 126 cm³/mol. The number of nitrogens with one attached hydrogen (secondary N) is 2. The van der Waals surface area contributed by atoms with E-state index in [1.54, 1.807) is 11.8 Å². The van der Waals surface area contributed by atoms with Crippen LogP contribution >= 0.6 is 0 Å². The number of carbonyl (C=O) groups is 2. The zero-order valence-electron chi connectivity index (χ0n) is 19.3. The van der Waals surface area contributed by atoms with Gasteiger partial charge in [-0.05, 0) is 48.9 Å². The number of benzene rings is 2. The third-order valence-corrected chi connectivity index (χ3v) is 6.62. The number of H-pyrrole nitrogens is 1. The number of hydrogen-bond acceptors (Lipinski definition) is 3. The fraction of sp³-hybridized carbons (Fsp3) is 0.385. The van der Waals surface area contributed by atoms with Crippen LogP contribution in [0.4, 0.5) is 13.6 Å². The molecule has 180 valence electrons. The van der Waals surface area contributed by atoms with Crippen molar-refractivity contribution in [2.75, 3.05) is 19.7 Å². The number of rotatable bonds is 6. The summed E-state index contributed by atoms with van der Waals surface area (Å²) in [5, 5.41) is 3.86. The molecule has 3 aromatic rings. The summed E-state index contributed by atoms with van der Waals surface area (Å²) < 4.78 is 32.7. The molecule has 2 amide bonds. The van der Waals surface area contributed by atoms with Gasteiger partial charge in [-0.3, -0.25) is 0 Å². The summed E-state index contributed by atoms with van der Waals surface area (Å²) in [5.41, 5.74) is 2.34. The topological polar surface area (TPSA) is 74.4 Å². The third-order valence-electron chi connectivity index (χ3n) is 6.62. The van der Waals surface area contributed by atoms with Gasteiger partial charge in [-0.25, -0.2) is 18.4 Å². The molecule has 1 aromatic heterocycles. The first-order chi connectivity index (χ1) is 16.4. The fourth-order valence-electron chi connectivity index (χ4n) is 4.72. The van der Waals surface area contributed by atoms with Crippen LogP contribution in [-0.2, 0) is 9.53 Å². The van der Waals surface area contributed by atoms with Crippen LogP contribution in [0.2, 0.25) is 0 Å². The maximum Gasteiger partial charge on any atom is 0.329 e. The van der Waals surface area contributed by atoms with Gasteiger partial charge in [-0.2, -0.15) is 0 Å². The molecule has 2 aromatic carbocycles. The maximum absolute atomic E-state index is 14.2. The number of nitrogens with zero attached hydrogens (tertiary/aromatic N) is 1. The summed E-state index contributed by atoms with van der Waals surface area (Å²) >= 11 is 0. The molecule has 6 nitrogen and oxygen atoms in total. The highest BCUT2D eigenvalue weighted by atomic mass is 19.1.